The standard InChI is InChI=1S/C15H32N2O2S/c1-5-15(2,3)13-7-9-14(10-8-13)16-11-6-12-17-20(4,18)19/h13-14,16-17H,5-12H2,1-4H3. The van der Waals surface area contributed by atoms with E-state index in [9.17, 15) is 8.42 Å². The van der Waals surface area contributed by atoms with Crippen LogP contribution in [0.5, 0.6) is 0 Å². The molecule has 0 aromatic heterocycles. The second-order valence-corrected chi connectivity index (χ2v) is 8.70. The fraction of sp³-hybridized carbons (Fsp3) is 1.00. The van der Waals surface area contributed by atoms with E-state index in [-0.39, 0.29) is 0 Å². The summed E-state index contributed by atoms with van der Waals surface area (Å²) in [6.07, 6.45) is 8.47. The van der Waals surface area contributed by atoms with Gasteiger partial charge in [0, 0.05) is 12.6 Å². The molecule has 0 amide bonds. The zero-order chi connectivity index (χ0) is 15.2. The van der Waals surface area contributed by atoms with E-state index in [0.717, 1.165) is 18.9 Å². The number of sulfonamides is 1. The topological polar surface area (TPSA) is 58.2 Å². The molecular weight excluding hydrogens is 272 g/mol. The summed E-state index contributed by atoms with van der Waals surface area (Å²) in [7, 11) is -3.03. The Labute approximate surface area is 125 Å². The van der Waals surface area contributed by atoms with Gasteiger partial charge in [-0.2, -0.15) is 0 Å². The Kier molecular flexibility index (Phi) is 6.95. The van der Waals surface area contributed by atoms with E-state index in [1.807, 2.05) is 0 Å². The second-order valence-electron chi connectivity index (χ2n) is 6.86. The summed E-state index contributed by atoms with van der Waals surface area (Å²) in [6.45, 7) is 8.50. The smallest absolute Gasteiger partial charge is 0.208 e. The first-order valence-corrected chi connectivity index (χ1v) is 9.82. The van der Waals surface area contributed by atoms with Crippen molar-refractivity contribution >= 4 is 10.0 Å². The fourth-order valence-corrected chi connectivity index (χ4v) is 3.53. The Morgan fingerprint density at radius 3 is 2.20 bits per heavy atom. The van der Waals surface area contributed by atoms with Gasteiger partial charge >= 0.3 is 0 Å². The van der Waals surface area contributed by atoms with Crippen LogP contribution in [-0.2, 0) is 10.0 Å². The van der Waals surface area contributed by atoms with Crippen LogP contribution in [0.1, 0.15) is 59.3 Å². The highest BCUT2D eigenvalue weighted by Gasteiger charge is 2.31. The van der Waals surface area contributed by atoms with Gasteiger partial charge in [-0.3, -0.25) is 0 Å². The van der Waals surface area contributed by atoms with Crippen molar-refractivity contribution in [2.24, 2.45) is 11.3 Å². The summed E-state index contributed by atoms with van der Waals surface area (Å²) >= 11 is 0. The highest BCUT2D eigenvalue weighted by atomic mass is 32.2. The number of rotatable bonds is 8. The molecule has 0 atom stereocenters. The van der Waals surface area contributed by atoms with Gasteiger partial charge in [0.15, 0.2) is 0 Å². The minimum Gasteiger partial charge on any atom is -0.314 e. The third-order valence-corrected chi connectivity index (χ3v) is 5.62. The Bertz CT molecular complexity index is 371. The molecule has 0 unspecified atom stereocenters. The fourth-order valence-electron chi connectivity index (χ4n) is 3.02. The highest BCUT2D eigenvalue weighted by molar-refractivity contribution is 7.88. The van der Waals surface area contributed by atoms with Crippen LogP contribution in [0.3, 0.4) is 0 Å². The Hall–Kier alpha value is -0.130. The van der Waals surface area contributed by atoms with Crippen LogP contribution in [0.25, 0.3) is 0 Å². The first kappa shape index (κ1) is 17.9. The van der Waals surface area contributed by atoms with Crippen molar-refractivity contribution in [1.29, 1.82) is 0 Å². The summed E-state index contributed by atoms with van der Waals surface area (Å²) in [5.74, 6) is 0.859. The Morgan fingerprint density at radius 1 is 1.10 bits per heavy atom. The first-order chi connectivity index (χ1) is 9.24. The minimum atomic E-state index is -3.03. The maximum absolute atomic E-state index is 10.9. The molecule has 0 saturated heterocycles. The molecule has 0 aromatic rings. The van der Waals surface area contributed by atoms with Crippen LogP contribution in [0.15, 0.2) is 0 Å². The van der Waals surface area contributed by atoms with Crippen molar-refractivity contribution in [3.63, 3.8) is 0 Å². The van der Waals surface area contributed by atoms with E-state index >= 15 is 0 Å². The van der Waals surface area contributed by atoms with E-state index in [1.54, 1.807) is 0 Å². The van der Waals surface area contributed by atoms with E-state index in [0.29, 0.717) is 18.0 Å². The molecule has 0 bridgehead atoms. The molecule has 1 rings (SSSR count). The lowest BCUT2D eigenvalue weighted by molar-refractivity contribution is 0.137. The Morgan fingerprint density at radius 2 is 1.70 bits per heavy atom. The lowest BCUT2D eigenvalue weighted by Crippen LogP contribution is -2.38. The number of hydrogen-bond donors (Lipinski definition) is 2. The van der Waals surface area contributed by atoms with Gasteiger partial charge in [-0.25, -0.2) is 13.1 Å². The number of hydrogen-bond acceptors (Lipinski definition) is 3. The average Bonchev–Trinajstić information content (AvgIpc) is 2.37. The molecule has 1 aliphatic rings. The molecular formula is C15H32N2O2S. The van der Waals surface area contributed by atoms with Gasteiger partial charge in [0.25, 0.3) is 0 Å². The van der Waals surface area contributed by atoms with Gasteiger partial charge in [-0.05, 0) is 50.0 Å². The maximum Gasteiger partial charge on any atom is 0.208 e. The first-order valence-electron chi connectivity index (χ1n) is 7.92. The van der Waals surface area contributed by atoms with Crippen molar-refractivity contribution in [1.82, 2.24) is 10.0 Å². The predicted octanol–water partition coefficient (Wildman–Crippen LogP) is 2.51. The SMILES string of the molecule is CCC(C)(C)C1CCC(NCCCNS(C)(=O)=O)CC1. The van der Waals surface area contributed by atoms with Crippen LogP contribution < -0.4 is 10.0 Å². The molecule has 4 nitrogen and oxygen atoms in total. The van der Waals surface area contributed by atoms with Crippen LogP contribution in [0, 0.1) is 11.3 Å². The van der Waals surface area contributed by atoms with Crippen molar-refractivity contribution in [3.8, 4) is 0 Å². The van der Waals surface area contributed by atoms with Crippen molar-refractivity contribution in [3.05, 3.63) is 0 Å². The molecule has 120 valence electrons. The van der Waals surface area contributed by atoms with E-state index < -0.39 is 10.0 Å². The van der Waals surface area contributed by atoms with Gasteiger partial charge in [-0.15, -0.1) is 0 Å². The monoisotopic (exact) mass is 304 g/mol. The molecule has 20 heavy (non-hydrogen) atoms. The molecule has 0 heterocycles. The van der Waals surface area contributed by atoms with Crippen molar-refractivity contribution in [2.75, 3.05) is 19.3 Å². The summed E-state index contributed by atoms with van der Waals surface area (Å²) in [5, 5.41) is 3.56. The summed E-state index contributed by atoms with van der Waals surface area (Å²) in [4.78, 5) is 0. The van der Waals surface area contributed by atoms with E-state index in [2.05, 4.69) is 30.8 Å². The molecule has 0 aromatic carbocycles. The van der Waals surface area contributed by atoms with Crippen molar-refractivity contribution in [2.45, 2.75) is 65.3 Å². The van der Waals surface area contributed by atoms with Gasteiger partial charge in [0.2, 0.25) is 10.0 Å². The molecule has 0 radical (unpaired) electrons. The summed E-state index contributed by atoms with van der Waals surface area (Å²) in [5.41, 5.74) is 0.477. The van der Waals surface area contributed by atoms with Gasteiger partial charge in [-0.1, -0.05) is 27.2 Å². The van der Waals surface area contributed by atoms with E-state index in [1.165, 1.54) is 38.4 Å². The lowest BCUT2D eigenvalue weighted by atomic mass is 9.69. The molecule has 2 N–H and O–H groups in total. The second kappa shape index (κ2) is 7.76. The zero-order valence-electron chi connectivity index (χ0n) is 13.5. The quantitative estimate of drug-likeness (QED) is 0.677. The summed E-state index contributed by atoms with van der Waals surface area (Å²) < 4.78 is 24.4. The maximum atomic E-state index is 10.9. The summed E-state index contributed by atoms with van der Waals surface area (Å²) in [6, 6.07) is 0.622. The lowest BCUT2D eigenvalue weighted by Gasteiger charge is -2.39. The van der Waals surface area contributed by atoms with Gasteiger partial charge in [0.1, 0.15) is 0 Å². The third kappa shape index (κ3) is 6.55. The minimum absolute atomic E-state index is 0.477. The molecule has 1 fully saturated rings. The zero-order valence-corrected chi connectivity index (χ0v) is 14.4. The molecule has 5 heteroatoms. The van der Waals surface area contributed by atoms with Crippen LogP contribution in [0.2, 0.25) is 0 Å². The normalized spacial score (nSPS) is 24.8. The van der Waals surface area contributed by atoms with Crippen LogP contribution in [-0.4, -0.2) is 33.8 Å². The largest absolute Gasteiger partial charge is 0.314 e. The van der Waals surface area contributed by atoms with Crippen LogP contribution in [0.4, 0.5) is 0 Å². The van der Waals surface area contributed by atoms with Gasteiger partial charge < -0.3 is 5.32 Å². The third-order valence-electron chi connectivity index (χ3n) is 4.89. The average molecular weight is 305 g/mol. The Balaban J connectivity index is 2.14. The molecule has 0 spiro atoms. The van der Waals surface area contributed by atoms with Crippen molar-refractivity contribution < 1.29 is 8.42 Å². The number of nitrogens with one attached hydrogen (secondary N) is 2. The van der Waals surface area contributed by atoms with Gasteiger partial charge in [0.05, 0.1) is 6.26 Å². The highest BCUT2D eigenvalue weighted by Crippen LogP contribution is 2.40. The molecule has 0 aliphatic heterocycles. The molecule has 1 saturated carbocycles. The molecule has 1 aliphatic carbocycles. The van der Waals surface area contributed by atoms with Crippen LogP contribution >= 0.6 is 0 Å². The predicted molar refractivity (Wildman–Crippen MR) is 85.3 cm³/mol. The van der Waals surface area contributed by atoms with E-state index in [4.69, 9.17) is 0 Å².